The lowest BCUT2D eigenvalue weighted by Crippen LogP contribution is -2.08. The molecule has 20 nitrogen and oxygen atoms in total. The predicted octanol–water partition coefficient (Wildman–Crippen LogP) is 1.33. The first kappa shape index (κ1) is 23.7. The highest BCUT2D eigenvalue weighted by atomic mass is 16.6. The van der Waals surface area contributed by atoms with Crippen molar-refractivity contribution in [2.24, 2.45) is 0 Å². The summed E-state index contributed by atoms with van der Waals surface area (Å²) in [5.74, 6) is -12.6. The van der Waals surface area contributed by atoms with Crippen LogP contribution < -0.4 is 5.43 Å². The molecule has 0 radical (unpaired) electrons. The van der Waals surface area contributed by atoms with Gasteiger partial charge >= 0.3 is 22.7 Å². The number of aromatic hydroxyl groups is 6. The molecule has 0 amide bonds. The van der Waals surface area contributed by atoms with Crippen LogP contribution in [0.25, 0.3) is 22.3 Å². The third-order valence-electron chi connectivity index (χ3n) is 4.54. The van der Waals surface area contributed by atoms with Gasteiger partial charge in [0, 0.05) is 0 Å². The lowest BCUT2D eigenvalue weighted by atomic mass is 10.0. The monoisotopic (exact) mass is 498 g/mol. The van der Waals surface area contributed by atoms with Crippen molar-refractivity contribution in [1.29, 1.82) is 0 Å². The molecule has 0 aliphatic heterocycles. The van der Waals surface area contributed by atoms with Crippen LogP contribution in [0.15, 0.2) is 9.21 Å². The number of rotatable bonds is 5. The first-order valence-electron chi connectivity index (χ1n) is 8.31. The molecule has 182 valence electrons. The number of benzene rings is 2. The molecule has 0 aliphatic carbocycles. The van der Waals surface area contributed by atoms with Gasteiger partial charge in [0.15, 0.2) is 11.3 Å². The molecule has 35 heavy (non-hydrogen) atoms. The number of phenolic OH excluding ortho intramolecular Hbond substituents is 5. The molecule has 0 bridgehead atoms. The fraction of sp³-hybridized carbons (Fsp3) is 0. The first-order chi connectivity index (χ1) is 16.1. The van der Waals surface area contributed by atoms with Crippen molar-refractivity contribution in [3.8, 4) is 45.8 Å². The molecule has 3 rings (SSSR count). The van der Waals surface area contributed by atoms with Crippen molar-refractivity contribution in [2.75, 3.05) is 0 Å². The van der Waals surface area contributed by atoms with Crippen LogP contribution in [0.1, 0.15) is 0 Å². The predicted molar refractivity (Wildman–Crippen MR) is 105 cm³/mol. The SMILES string of the molecule is O=c1c(O)c(-c2c([N+](=O)[O-])c(O)c(O)c(O)c2[N+](=O)[O-])oc2c([N+](=O)[O-])c(O)c([N+](=O)[O-])c(O)c12. The van der Waals surface area contributed by atoms with Gasteiger partial charge in [-0.3, -0.25) is 45.3 Å². The summed E-state index contributed by atoms with van der Waals surface area (Å²) in [6, 6.07) is 0. The van der Waals surface area contributed by atoms with Crippen LogP contribution in [0.2, 0.25) is 0 Å². The summed E-state index contributed by atoms with van der Waals surface area (Å²) in [7, 11) is 0. The number of phenols is 5. The van der Waals surface area contributed by atoms with E-state index in [1.807, 2.05) is 0 Å². The molecule has 3 aromatic rings. The van der Waals surface area contributed by atoms with Gasteiger partial charge in [-0.1, -0.05) is 0 Å². The lowest BCUT2D eigenvalue weighted by molar-refractivity contribution is -0.396. The average Bonchev–Trinajstić information content (AvgIpc) is 2.72. The molecule has 0 atom stereocenters. The number of nitrogens with zero attached hydrogens (tertiary/aromatic N) is 4. The Morgan fingerprint density at radius 2 is 0.971 bits per heavy atom. The van der Waals surface area contributed by atoms with Gasteiger partial charge < -0.3 is 35.1 Å². The van der Waals surface area contributed by atoms with Crippen molar-refractivity contribution < 1.29 is 54.7 Å². The van der Waals surface area contributed by atoms with Crippen molar-refractivity contribution in [1.82, 2.24) is 0 Å². The van der Waals surface area contributed by atoms with Crippen LogP contribution in [-0.2, 0) is 0 Å². The van der Waals surface area contributed by atoms with E-state index < -0.39 is 105 Å². The van der Waals surface area contributed by atoms with E-state index in [9.17, 15) is 75.9 Å². The summed E-state index contributed by atoms with van der Waals surface area (Å²) in [4.78, 5) is 52.0. The van der Waals surface area contributed by atoms with Gasteiger partial charge in [-0.2, -0.15) is 0 Å². The standard InChI is InChI=1S/C15H6N4O16/c20-7-2-8(21)13(26)15(35-14(2)6(19(33)34)9(22)5(7)18(31)32)1-3(16(27)28)10(23)12(25)11(24)4(1)17(29)30/h20,22-26H. The van der Waals surface area contributed by atoms with Gasteiger partial charge in [-0.05, 0) is 0 Å². The quantitative estimate of drug-likeness (QED) is 0.164. The Morgan fingerprint density at radius 3 is 1.37 bits per heavy atom. The second-order valence-corrected chi connectivity index (χ2v) is 6.35. The summed E-state index contributed by atoms with van der Waals surface area (Å²) in [6.45, 7) is 0. The van der Waals surface area contributed by atoms with E-state index >= 15 is 0 Å². The molecular formula is C15H6N4O16. The van der Waals surface area contributed by atoms with Crippen LogP contribution in [0.4, 0.5) is 22.7 Å². The molecule has 0 saturated heterocycles. The Balaban J connectivity index is 2.76. The highest BCUT2D eigenvalue weighted by Gasteiger charge is 2.44. The van der Waals surface area contributed by atoms with Crippen LogP contribution >= 0.6 is 0 Å². The molecule has 2 aromatic carbocycles. The number of hydrogen-bond donors (Lipinski definition) is 6. The Morgan fingerprint density at radius 1 is 0.543 bits per heavy atom. The van der Waals surface area contributed by atoms with Crippen LogP contribution in [0.5, 0.6) is 34.5 Å². The minimum Gasteiger partial charge on any atom is -0.502 e. The van der Waals surface area contributed by atoms with E-state index in [0.29, 0.717) is 0 Å². The maximum atomic E-state index is 12.7. The highest BCUT2D eigenvalue weighted by Crippen LogP contribution is 2.57. The van der Waals surface area contributed by atoms with Gasteiger partial charge in [0.1, 0.15) is 5.39 Å². The normalized spacial score (nSPS) is 10.9. The second-order valence-electron chi connectivity index (χ2n) is 6.35. The fourth-order valence-electron chi connectivity index (χ4n) is 3.13. The van der Waals surface area contributed by atoms with Crippen LogP contribution in [-0.4, -0.2) is 50.3 Å². The van der Waals surface area contributed by atoms with E-state index in [0.717, 1.165) is 0 Å². The first-order valence-corrected chi connectivity index (χ1v) is 8.31. The molecule has 1 heterocycles. The Kier molecular flexibility index (Phi) is 5.13. The van der Waals surface area contributed by atoms with Crippen molar-refractivity contribution in [3.05, 3.63) is 50.7 Å². The second kappa shape index (κ2) is 7.58. The molecule has 0 saturated carbocycles. The smallest absolute Gasteiger partial charge is 0.361 e. The van der Waals surface area contributed by atoms with Crippen molar-refractivity contribution in [2.45, 2.75) is 0 Å². The summed E-state index contributed by atoms with van der Waals surface area (Å²) < 4.78 is 4.83. The number of nitro groups is 4. The molecule has 20 heteroatoms. The minimum absolute atomic E-state index is 1.49. The minimum atomic E-state index is -1.97. The van der Waals surface area contributed by atoms with E-state index in [-0.39, 0.29) is 0 Å². The fourth-order valence-corrected chi connectivity index (χ4v) is 3.13. The molecule has 6 N–H and O–H groups in total. The molecular weight excluding hydrogens is 492 g/mol. The summed E-state index contributed by atoms with van der Waals surface area (Å²) in [5, 5.41) is 104. The Bertz CT molecular complexity index is 1550. The summed E-state index contributed by atoms with van der Waals surface area (Å²) in [6.07, 6.45) is 0. The molecule has 0 unspecified atom stereocenters. The van der Waals surface area contributed by atoms with Crippen molar-refractivity contribution in [3.63, 3.8) is 0 Å². The van der Waals surface area contributed by atoms with Crippen LogP contribution in [0.3, 0.4) is 0 Å². The number of hydrogen-bond acceptors (Lipinski definition) is 16. The average molecular weight is 498 g/mol. The molecule has 1 aromatic heterocycles. The Labute approximate surface area is 186 Å². The Hall–Kier alpha value is -5.95. The topological polar surface area (TPSA) is 324 Å². The molecule has 0 fully saturated rings. The zero-order valence-corrected chi connectivity index (χ0v) is 16.1. The number of fused-ring (bicyclic) bond motifs is 1. The van der Waals surface area contributed by atoms with Gasteiger partial charge in [0.2, 0.25) is 39.8 Å². The van der Waals surface area contributed by atoms with Gasteiger partial charge in [0.05, 0.1) is 19.7 Å². The zero-order chi connectivity index (χ0) is 26.7. The summed E-state index contributed by atoms with van der Waals surface area (Å²) >= 11 is 0. The van der Waals surface area contributed by atoms with E-state index in [4.69, 9.17) is 4.42 Å². The third-order valence-corrected chi connectivity index (χ3v) is 4.54. The van der Waals surface area contributed by atoms with E-state index in [2.05, 4.69) is 0 Å². The third kappa shape index (κ3) is 3.12. The van der Waals surface area contributed by atoms with Gasteiger partial charge in [-0.25, -0.2) is 0 Å². The highest BCUT2D eigenvalue weighted by molar-refractivity contribution is 6.01. The zero-order valence-electron chi connectivity index (χ0n) is 16.1. The van der Waals surface area contributed by atoms with E-state index in [1.165, 1.54) is 0 Å². The van der Waals surface area contributed by atoms with E-state index in [1.54, 1.807) is 0 Å². The van der Waals surface area contributed by atoms with Gasteiger partial charge in [-0.15, -0.1) is 0 Å². The number of nitro benzene ring substituents is 4. The maximum absolute atomic E-state index is 12.7. The molecule has 0 aliphatic rings. The van der Waals surface area contributed by atoms with Crippen LogP contribution in [0, 0.1) is 40.5 Å². The largest absolute Gasteiger partial charge is 0.502 e. The summed E-state index contributed by atoms with van der Waals surface area (Å²) in [5.41, 5.74) is -12.4. The van der Waals surface area contributed by atoms with Gasteiger partial charge in [0.25, 0.3) is 5.75 Å². The molecule has 0 spiro atoms. The maximum Gasteiger partial charge on any atom is 0.361 e. The lowest BCUT2D eigenvalue weighted by Gasteiger charge is -2.11. The van der Waals surface area contributed by atoms with Crippen molar-refractivity contribution >= 4 is 33.7 Å².